The summed E-state index contributed by atoms with van der Waals surface area (Å²) >= 11 is 0. The molecule has 1 aliphatic rings. The second-order valence-electron chi connectivity index (χ2n) is 6.66. The Balaban J connectivity index is 1.45. The summed E-state index contributed by atoms with van der Waals surface area (Å²) in [5.74, 6) is 0.739. The Morgan fingerprint density at radius 1 is 1.22 bits per heavy atom. The smallest absolute Gasteiger partial charge is 0.251 e. The monoisotopic (exact) mass is 360 g/mol. The van der Waals surface area contributed by atoms with E-state index in [2.05, 4.69) is 26.3 Å². The zero-order valence-corrected chi connectivity index (χ0v) is 15.3. The Kier molecular flexibility index (Phi) is 4.54. The van der Waals surface area contributed by atoms with Gasteiger partial charge in [-0.05, 0) is 49.7 Å². The van der Waals surface area contributed by atoms with E-state index in [1.165, 1.54) is 0 Å². The SMILES string of the molecule is Cc1cnc(C)c(-c2ccc3c(c2)CC(CNC(=O)c2ccncc2)O3)n1. The summed E-state index contributed by atoms with van der Waals surface area (Å²) in [5, 5.41) is 2.92. The Hall–Kier alpha value is -3.28. The van der Waals surface area contributed by atoms with Gasteiger partial charge in [-0.3, -0.25) is 14.8 Å². The molecular formula is C21H20N4O2. The fraction of sp³-hybridized carbons (Fsp3) is 0.238. The third kappa shape index (κ3) is 3.65. The summed E-state index contributed by atoms with van der Waals surface area (Å²) < 4.78 is 5.97. The molecule has 0 saturated heterocycles. The van der Waals surface area contributed by atoms with Gasteiger partial charge in [-0.1, -0.05) is 0 Å². The average Bonchev–Trinajstić information content (AvgIpc) is 3.10. The summed E-state index contributed by atoms with van der Waals surface area (Å²) in [6.07, 6.45) is 5.66. The Morgan fingerprint density at radius 3 is 2.85 bits per heavy atom. The fourth-order valence-corrected chi connectivity index (χ4v) is 3.20. The molecule has 3 heterocycles. The zero-order chi connectivity index (χ0) is 18.8. The number of nitrogens with one attached hydrogen (secondary N) is 1. The minimum absolute atomic E-state index is 0.0780. The second kappa shape index (κ2) is 7.15. The van der Waals surface area contributed by atoms with Gasteiger partial charge < -0.3 is 10.1 Å². The lowest BCUT2D eigenvalue weighted by Crippen LogP contribution is -2.34. The molecule has 27 heavy (non-hydrogen) atoms. The van der Waals surface area contributed by atoms with Crippen molar-refractivity contribution >= 4 is 5.91 Å². The standard InChI is InChI=1S/C21H20N4O2/c1-13-11-23-14(2)20(25-13)16-3-4-19-17(9-16)10-18(27-19)12-24-21(26)15-5-7-22-8-6-15/h3-9,11,18H,10,12H2,1-2H3,(H,24,26). The number of ether oxygens (including phenoxy) is 1. The number of aryl methyl sites for hydroxylation is 2. The Bertz CT molecular complexity index is 989. The van der Waals surface area contributed by atoms with Crippen LogP contribution >= 0.6 is 0 Å². The summed E-state index contributed by atoms with van der Waals surface area (Å²) in [7, 11) is 0. The van der Waals surface area contributed by atoms with Crippen LogP contribution in [0.1, 0.15) is 27.3 Å². The molecule has 0 spiro atoms. The van der Waals surface area contributed by atoms with E-state index in [0.717, 1.165) is 40.4 Å². The number of nitrogens with zero attached hydrogens (tertiary/aromatic N) is 3. The first kappa shape index (κ1) is 17.1. The van der Waals surface area contributed by atoms with Crippen molar-refractivity contribution in [2.45, 2.75) is 26.4 Å². The highest BCUT2D eigenvalue weighted by molar-refractivity contribution is 5.93. The van der Waals surface area contributed by atoms with Gasteiger partial charge in [0, 0.05) is 36.1 Å². The van der Waals surface area contributed by atoms with Crippen LogP contribution in [0.3, 0.4) is 0 Å². The van der Waals surface area contributed by atoms with E-state index in [4.69, 9.17) is 4.74 Å². The van der Waals surface area contributed by atoms with Gasteiger partial charge in [0.05, 0.1) is 23.6 Å². The first-order valence-electron chi connectivity index (χ1n) is 8.88. The van der Waals surface area contributed by atoms with E-state index in [0.29, 0.717) is 12.1 Å². The van der Waals surface area contributed by atoms with E-state index in [1.54, 1.807) is 30.7 Å². The van der Waals surface area contributed by atoms with Gasteiger partial charge in [-0.15, -0.1) is 0 Å². The molecule has 3 aromatic rings. The molecule has 0 aliphatic carbocycles. The number of pyridine rings is 1. The first-order valence-corrected chi connectivity index (χ1v) is 8.88. The number of rotatable bonds is 4. The number of carbonyl (C=O) groups excluding carboxylic acids is 1. The lowest BCUT2D eigenvalue weighted by molar-refractivity contribution is 0.0933. The van der Waals surface area contributed by atoms with Crippen molar-refractivity contribution in [2.75, 3.05) is 6.54 Å². The van der Waals surface area contributed by atoms with Crippen LogP contribution in [0.25, 0.3) is 11.3 Å². The third-order valence-corrected chi connectivity index (χ3v) is 4.58. The molecule has 1 atom stereocenters. The van der Waals surface area contributed by atoms with Crippen LogP contribution < -0.4 is 10.1 Å². The summed E-state index contributed by atoms with van der Waals surface area (Å²) in [5.41, 5.74) is 5.44. The number of hydrogen-bond acceptors (Lipinski definition) is 5. The normalized spacial score (nSPS) is 15.1. The largest absolute Gasteiger partial charge is 0.488 e. The first-order chi connectivity index (χ1) is 13.1. The van der Waals surface area contributed by atoms with Gasteiger partial charge in [0.2, 0.25) is 0 Å². The van der Waals surface area contributed by atoms with Crippen LogP contribution in [0.4, 0.5) is 0 Å². The molecule has 136 valence electrons. The molecule has 1 N–H and O–H groups in total. The number of amides is 1. The van der Waals surface area contributed by atoms with Gasteiger partial charge in [0.1, 0.15) is 11.9 Å². The van der Waals surface area contributed by atoms with E-state index >= 15 is 0 Å². The molecule has 6 nitrogen and oxygen atoms in total. The molecular weight excluding hydrogens is 340 g/mol. The lowest BCUT2D eigenvalue weighted by atomic mass is 10.0. The highest BCUT2D eigenvalue weighted by Crippen LogP contribution is 2.33. The minimum Gasteiger partial charge on any atom is -0.488 e. The highest BCUT2D eigenvalue weighted by Gasteiger charge is 2.24. The number of hydrogen-bond donors (Lipinski definition) is 1. The van der Waals surface area contributed by atoms with Crippen LogP contribution in [-0.2, 0) is 6.42 Å². The van der Waals surface area contributed by atoms with Gasteiger partial charge in [-0.25, -0.2) is 4.98 Å². The predicted octanol–water partition coefficient (Wildman–Crippen LogP) is 2.89. The summed E-state index contributed by atoms with van der Waals surface area (Å²) in [6, 6.07) is 9.47. The molecule has 1 aliphatic heterocycles. The average molecular weight is 360 g/mol. The van der Waals surface area contributed by atoms with Crippen LogP contribution in [0.15, 0.2) is 48.9 Å². The maximum atomic E-state index is 12.2. The van der Waals surface area contributed by atoms with E-state index in [-0.39, 0.29) is 12.0 Å². The van der Waals surface area contributed by atoms with Crippen molar-refractivity contribution in [3.8, 4) is 17.0 Å². The number of carbonyl (C=O) groups is 1. The highest BCUT2D eigenvalue weighted by atomic mass is 16.5. The molecule has 4 rings (SSSR count). The van der Waals surface area contributed by atoms with Crippen molar-refractivity contribution in [3.63, 3.8) is 0 Å². The molecule has 1 aromatic carbocycles. The van der Waals surface area contributed by atoms with Gasteiger partial charge in [-0.2, -0.15) is 0 Å². The van der Waals surface area contributed by atoms with Gasteiger partial charge in [0.15, 0.2) is 0 Å². The predicted molar refractivity (Wildman–Crippen MR) is 102 cm³/mol. The molecule has 6 heteroatoms. The maximum Gasteiger partial charge on any atom is 0.251 e. The Labute approximate surface area is 157 Å². The number of benzene rings is 1. The summed E-state index contributed by atoms with van der Waals surface area (Å²) in [4.78, 5) is 25.1. The number of aromatic nitrogens is 3. The van der Waals surface area contributed by atoms with Gasteiger partial charge in [0.25, 0.3) is 5.91 Å². The molecule has 2 aromatic heterocycles. The minimum atomic E-state index is -0.122. The van der Waals surface area contributed by atoms with Gasteiger partial charge >= 0.3 is 0 Å². The molecule has 1 unspecified atom stereocenters. The van der Waals surface area contributed by atoms with E-state index < -0.39 is 0 Å². The van der Waals surface area contributed by atoms with Crippen LogP contribution in [0.2, 0.25) is 0 Å². The van der Waals surface area contributed by atoms with Crippen LogP contribution in [0, 0.1) is 13.8 Å². The van der Waals surface area contributed by atoms with Crippen LogP contribution in [-0.4, -0.2) is 33.5 Å². The van der Waals surface area contributed by atoms with Crippen molar-refractivity contribution in [1.29, 1.82) is 0 Å². The molecule has 0 bridgehead atoms. The van der Waals surface area contributed by atoms with Crippen molar-refractivity contribution in [1.82, 2.24) is 20.3 Å². The second-order valence-corrected chi connectivity index (χ2v) is 6.66. The molecule has 0 fully saturated rings. The molecule has 0 radical (unpaired) electrons. The molecule has 0 saturated carbocycles. The fourth-order valence-electron chi connectivity index (χ4n) is 3.20. The number of fused-ring (bicyclic) bond motifs is 1. The van der Waals surface area contributed by atoms with Crippen molar-refractivity contribution in [2.24, 2.45) is 0 Å². The Morgan fingerprint density at radius 2 is 2.04 bits per heavy atom. The van der Waals surface area contributed by atoms with Crippen molar-refractivity contribution < 1.29 is 9.53 Å². The lowest BCUT2D eigenvalue weighted by Gasteiger charge is -2.11. The summed E-state index contributed by atoms with van der Waals surface area (Å²) in [6.45, 7) is 4.35. The van der Waals surface area contributed by atoms with E-state index in [9.17, 15) is 4.79 Å². The van der Waals surface area contributed by atoms with Crippen molar-refractivity contribution in [3.05, 3.63) is 71.4 Å². The van der Waals surface area contributed by atoms with Crippen LogP contribution in [0.5, 0.6) is 5.75 Å². The molecule has 1 amide bonds. The zero-order valence-electron chi connectivity index (χ0n) is 15.3. The van der Waals surface area contributed by atoms with E-state index in [1.807, 2.05) is 26.0 Å². The maximum absolute atomic E-state index is 12.2. The quantitative estimate of drug-likeness (QED) is 0.774. The topological polar surface area (TPSA) is 77.0 Å². The third-order valence-electron chi connectivity index (χ3n) is 4.58.